The van der Waals surface area contributed by atoms with Crippen LogP contribution in [0.1, 0.15) is 88.5 Å². The van der Waals surface area contributed by atoms with E-state index in [0.29, 0.717) is 29.3 Å². The highest BCUT2D eigenvalue weighted by Gasteiger charge is 2.17. The summed E-state index contributed by atoms with van der Waals surface area (Å²) < 4.78 is 5.87. The zero-order valence-electron chi connectivity index (χ0n) is 23.5. The molecule has 0 heterocycles. The lowest BCUT2D eigenvalue weighted by Gasteiger charge is -2.16. The number of carbonyl (C=O) groups excluding carboxylic acids is 1. The van der Waals surface area contributed by atoms with Gasteiger partial charge in [-0.2, -0.15) is 0 Å². The monoisotopic (exact) mass is 485 g/mol. The topological polar surface area (TPSA) is 101 Å². The van der Waals surface area contributed by atoms with Crippen LogP contribution in [0, 0.1) is 0 Å². The van der Waals surface area contributed by atoms with Gasteiger partial charge in [0.1, 0.15) is 17.4 Å². The Morgan fingerprint density at radius 1 is 1.09 bits per heavy atom. The number of nitrogens with one attached hydrogen (secondary N) is 2. The summed E-state index contributed by atoms with van der Waals surface area (Å²) in [6.45, 7) is 20.2. The van der Waals surface area contributed by atoms with Crippen molar-refractivity contribution in [3.05, 3.63) is 58.4 Å². The van der Waals surface area contributed by atoms with Crippen LogP contribution >= 0.6 is 0 Å². The molecule has 0 aromatic carbocycles. The Balaban J connectivity index is 6.09. The number of nitrogens with zero attached hydrogens (tertiary/aromatic N) is 2. The van der Waals surface area contributed by atoms with Crippen LogP contribution in [0.3, 0.4) is 0 Å². The van der Waals surface area contributed by atoms with Crippen molar-refractivity contribution in [1.29, 1.82) is 0 Å². The molecule has 0 spiro atoms. The summed E-state index contributed by atoms with van der Waals surface area (Å²) in [5, 5.41) is 6.22. The van der Waals surface area contributed by atoms with Crippen LogP contribution in [0.4, 0.5) is 0 Å². The third-order valence-electron chi connectivity index (χ3n) is 4.96. The Labute approximate surface area is 213 Å². The van der Waals surface area contributed by atoms with Crippen molar-refractivity contribution in [2.45, 2.75) is 94.5 Å². The molecule has 0 saturated heterocycles. The molecule has 0 rings (SSSR count). The SMILES string of the molecule is C/C=C\O/C(C(/N=C(N)\C(=C\CC)C(=O)NC/C(=N/C=C(/C)CC)NC(C)C)=C(C)C)=C(/C)CC. The zero-order valence-corrected chi connectivity index (χ0v) is 23.5. The van der Waals surface area contributed by atoms with Gasteiger partial charge in [-0.3, -0.25) is 4.79 Å². The highest BCUT2D eigenvalue weighted by molar-refractivity contribution is 6.20. The number of hydrogen-bond acceptors (Lipinski definition) is 4. The van der Waals surface area contributed by atoms with E-state index >= 15 is 0 Å². The Kier molecular flexibility index (Phi) is 15.8. The van der Waals surface area contributed by atoms with E-state index in [1.807, 2.05) is 67.7 Å². The van der Waals surface area contributed by atoms with Gasteiger partial charge in [0.2, 0.25) is 0 Å². The number of rotatable bonds is 13. The fourth-order valence-electron chi connectivity index (χ4n) is 2.75. The normalized spacial score (nSPS) is 14.3. The highest BCUT2D eigenvalue weighted by Crippen LogP contribution is 2.24. The number of ether oxygens (including phenoxy) is 1. The molecule has 0 radical (unpaired) electrons. The van der Waals surface area contributed by atoms with Crippen molar-refractivity contribution in [1.82, 2.24) is 10.6 Å². The molecule has 7 nitrogen and oxygen atoms in total. The van der Waals surface area contributed by atoms with Crippen molar-refractivity contribution < 1.29 is 9.53 Å². The summed E-state index contributed by atoms with van der Waals surface area (Å²) in [6, 6.07) is 0.183. The van der Waals surface area contributed by atoms with E-state index in [9.17, 15) is 4.79 Å². The van der Waals surface area contributed by atoms with Crippen molar-refractivity contribution in [3.8, 4) is 0 Å². The number of carbonyl (C=O) groups is 1. The summed E-state index contributed by atoms with van der Waals surface area (Å²) in [5.41, 5.74) is 10.5. The molecule has 35 heavy (non-hydrogen) atoms. The van der Waals surface area contributed by atoms with Gasteiger partial charge < -0.3 is 21.1 Å². The van der Waals surface area contributed by atoms with Crippen LogP contribution < -0.4 is 16.4 Å². The Morgan fingerprint density at radius 3 is 2.23 bits per heavy atom. The summed E-state index contributed by atoms with van der Waals surface area (Å²) in [7, 11) is 0. The lowest BCUT2D eigenvalue weighted by atomic mass is 10.1. The largest absolute Gasteiger partial charge is 0.463 e. The Morgan fingerprint density at radius 2 is 1.74 bits per heavy atom. The molecule has 0 aromatic heterocycles. The number of hydrogen-bond donors (Lipinski definition) is 3. The van der Waals surface area contributed by atoms with E-state index in [1.54, 1.807) is 12.3 Å². The average Bonchev–Trinajstić information content (AvgIpc) is 2.82. The quantitative estimate of drug-likeness (QED) is 0.0974. The molecule has 4 N–H and O–H groups in total. The predicted molar refractivity (Wildman–Crippen MR) is 150 cm³/mol. The van der Waals surface area contributed by atoms with Crippen LogP contribution in [-0.2, 0) is 9.53 Å². The van der Waals surface area contributed by atoms with E-state index in [4.69, 9.17) is 10.5 Å². The fourth-order valence-corrected chi connectivity index (χ4v) is 2.75. The highest BCUT2D eigenvalue weighted by atomic mass is 16.5. The van der Waals surface area contributed by atoms with Crippen molar-refractivity contribution in [3.63, 3.8) is 0 Å². The van der Waals surface area contributed by atoms with Gasteiger partial charge in [-0.15, -0.1) is 0 Å². The molecular formula is C28H47N5O2. The molecule has 0 unspecified atom stereocenters. The van der Waals surface area contributed by atoms with E-state index in [2.05, 4.69) is 34.5 Å². The second-order valence-corrected chi connectivity index (χ2v) is 8.81. The van der Waals surface area contributed by atoms with E-state index in [0.717, 1.165) is 29.6 Å². The number of amidine groups is 2. The minimum Gasteiger partial charge on any atom is -0.463 e. The summed E-state index contributed by atoms with van der Waals surface area (Å²) >= 11 is 0. The van der Waals surface area contributed by atoms with Crippen LogP contribution in [0.2, 0.25) is 0 Å². The molecule has 196 valence electrons. The molecule has 0 aliphatic carbocycles. The lowest BCUT2D eigenvalue weighted by molar-refractivity contribution is -0.116. The average molecular weight is 486 g/mol. The van der Waals surface area contributed by atoms with Gasteiger partial charge >= 0.3 is 0 Å². The number of allylic oxidation sites excluding steroid dienone is 5. The molecule has 1 amide bonds. The molecule has 0 bridgehead atoms. The molecule has 7 heteroatoms. The maximum absolute atomic E-state index is 13.1. The number of nitrogens with two attached hydrogens (primary N) is 1. The van der Waals surface area contributed by atoms with Gasteiger partial charge in [0, 0.05) is 12.2 Å². The van der Waals surface area contributed by atoms with E-state index in [-0.39, 0.29) is 24.3 Å². The molecule has 0 fully saturated rings. The minimum atomic E-state index is -0.303. The summed E-state index contributed by atoms with van der Waals surface area (Å²) in [5.74, 6) is 1.17. The Bertz CT molecular complexity index is 912. The third-order valence-corrected chi connectivity index (χ3v) is 4.96. The Hall–Kier alpha value is -3.09. The van der Waals surface area contributed by atoms with Crippen LogP contribution in [-0.4, -0.2) is 30.2 Å². The first-order chi connectivity index (χ1) is 16.5. The molecular weight excluding hydrogens is 438 g/mol. The van der Waals surface area contributed by atoms with Gasteiger partial charge in [0.15, 0.2) is 5.76 Å². The summed E-state index contributed by atoms with van der Waals surface area (Å²) in [4.78, 5) is 22.3. The van der Waals surface area contributed by atoms with Gasteiger partial charge in [-0.05, 0) is 78.9 Å². The van der Waals surface area contributed by atoms with E-state index < -0.39 is 0 Å². The zero-order chi connectivity index (χ0) is 27.0. The van der Waals surface area contributed by atoms with Gasteiger partial charge in [-0.1, -0.05) is 38.5 Å². The molecule has 0 aromatic rings. The van der Waals surface area contributed by atoms with E-state index in [1.165, 1.54) is 0 Å². The maximum Gasteiger partial charge on any atom is 0.255 e. The molecule has 0 atom stereocenters. The molecule has 0 aliphatic rings. The summed E-state index contributed by atoms with van der Waals surface area (Å²) in [6.07, 6.45) is 9.40. The van der Waals surface area contributed by atoms with Crippen molar-refractivity contribution in [2.75, 3.05) is 6.54 Å². The van der Waals surface area contributed by atoms with Crippen LogP contribution in [0.5, 0.6) is 0 Å². The number of aliphatic imine (C=N–C) groups is 2. The smallest absolute Gasteiger partial charge is 0.255 e. The second kappa shape index (κ2) is 17.4. The molecule has 0 aliphatic heterocycles. The van der Waals surface area contributed by atoms with Crippen molar-refractivity contribution >= 4 is 17.6 Å². The second-order valence-electron chi connectivity index (χ2n) is 8.81. The van der Waals surface area contributed by atoms with Crippen LogP contribution in [0.15, 0.2) is 68.3 Å². The minimum absolute atomic E-state index is 0.142. The fraction of sp³-hybridized carbons (Fsp3) is 0.536. The first-order valence-electron chi connectivity index (χ1n) is 12.5. The first-order valence-corrected chi connectivity index (χ1v) is 12.5. The standard InChI is InChI=1S/C28H47N5O2/c1-11-15-23(28(34)31-18-24(32-20(7)8)30-17-21(9)13-3)27(29)33-25(19(5)6)26(22(10)14-4)35-16-12-2/h12,15-17,20H,11,13-14,18H2,1-10H3,(H2,29,33)(H,30,32)(H,31,34)/b16-12-,21-17-,23-15-,26-22-. The van der Waals surface area contributed by atoms with Crippen molar-refractivity contribution in [2.24, 2.45) is 15.7 Å². The first kappa shape index (κ1) is 31.9. The predicted octanol–water partition coefficient (Wildman–Crippen LogP) is 6.03. The maximum atomic E-state index is 13.1. The lowest BCUT2D eigenvalue weighted by Crippen LogP contribution is -2.41. The van der Waals surface area contributed by atoms with Crippen LogP contribution in [0.25, 0.3) is 0 Å². The van der Waals surface area contributed by atoms with Gasteiger partial charge in [-0.25, -0.2) is 9.98 Å². The van der Waals surface area contributed by atoms with Gasteiger partial charge in [0.25, 0.3) is 5.91 Å². The number of amides is 1. The molecule has 0 saturated carbocycles. The van der Waals surface area contributed by atoms with Gasteiger partial charge in [0.05, 0.1) is 18.4 Å². The third kappa shape index (κ3) is 12.3.